The summed E-state index contributed by atoms with van der Waals surface area (Å²) in [7, 11) is 0. The van der Waals surface area contributed by atoms with E-state index in [2.05, 4.69) is 15.3 Å². The fourth-order valence-electron chi connectivity index (χ4n) is 1.27. The van der Waals surface area contributed by atoms with Crippen LogP contribution in [0.1, 0.15) is 15.4 Å². The van der Waals surface area contributed by atoms with E-state index in [9.17, 15) is 4.79 Å². The molecule has 0 bridgehead atoms. The Morgan fingerprint density at radius 3 is 3.12 bits per heavy atom. The van der Waals surface area contributed by atoms with E-state index in [0.717, 1.165) is 12.1 Å². The Labute approximate surface area is 102 Å². The van der Waals surface area contributed by atoms with Gasteiger partial charge in [0, 0.05) is 24.9 Å². The van der Waals surface area contributed by atoms with Gasteiger partial charge in [-0.2, -0.15) is 0 Å². The summed E-state index contributed by atoms with van der Waals surface area (Å²) in [6.07, 6.45) is 4.09. The molecule has 0 saturated heterocycles. The summed E-state index contributed by atoms with van der Waals surface area (Å²) in [5.74, 6) is -0.125. The first kappa shape index (κ1) is 11.2. The van der Waals surface area contributed by atoms with Crippen LogP contribution in [0.5, 0.6) is 0 Å². The second-order valence-corrected chi connectivity index (χ2v) is 4.50. The largest absolute Gasteiger partial charge is 0.351 e. The Bertz CT molecular complexity index is 466. The Kier molecular flexibility index (Phi) is 3.58. The molecule has 4 nitrogen and oxygen atoms in total. The minimum absolute atomic E-state index is 0.125. The average Bonchev–Trinajstić information content (AvgIpc) is 2.88. The molecular weight excluding hydrogens is 246 g/mol. The van der Waals surface area contributed by atoms with Gasteiger partial charge in [0.15, 0.2) is 0 Å². The van der Waals surface area contributed by atoms with Crippen molar-refractivity contribution in [1.82, 2.24) is 15.3 Å². The predicted molar refractivity (Wildman–Crippen MR) is 64.0 cm³/mol. The van der Waals surface area contributed by atoms with E-state index in [-0.39, 0.29) is 5.91 Å². The zero-order valence-electron chi connectivity index (χ0n) is 8.37. The van der Waals surface area contributed by atoms with E-state index in [0.29, 0.717) is 16.4 Å². The molecule has 2 rings (SSSR count). The lowest BCUT2D eigenvalue weighted by Gasteiger charge is -2.02. The molecule has 1 amide bonds. The van der Waals surface area contributed by atoms with Crippen LogP contribution >= 0.6 is 22.9 Å². The van der Waals surface area contributed by atoms with E-state index >= 15 is 0 Å². The van der Waals surface area contributed by atoms with Crippen LogP contribution in [0.15, 0.2) is 24.0 Å². The Morgan fingerprint density at radius 1 is 1.62 bits per heavy atom. The van der Waals surface area contributed by atoms with Crippen LogP contribution in [-0.2, 0) is 6.42 Å². The van der Waals surface area contributed by atoms with Crippen LogP contribution < -0.4 is 5.32 Å². The van der Waals surface area contributed by atoms with Crippen molar-refractivity contribution in [2.75, 3.05) is 6.54 Å². The highest BCUT2D eigenvalue weighted by Crippen LogP contribution is 2.21. The molecule has 2 heterocycles. The van der Waals surface area contributed by atoms with E-state index in [1.807, 2.05) is 0 Å². The molecule has 6 heteroatoms. The molecule has 2 N–H and O–H groups in total. The Balaban J connectivity index is 1.83. The summed E-state index contributed by atoms with van der Waals surface area (Å²) in [6.45, 7) is 0.565. The summed E-state index contributed by atoms with van der Waals surface area (Å²) in [6, 6.07) is 1.72. The van der Waals surface area contributed by atoms with Crippen LogP contribution in [0.3, 0.4) is 0 Å². The first-order valence-electron chi connectivity index (χ1n) is 4.76. The van der Waals surface area contributed by atoms with Crippen molar-refractivity contribution >= 4 is 28.8 Å². The number of aromatic nitrogens is 2. The molecule has 0 fully saturated rings. The van der Waals surface area contributed by atoms with Crippen molar-refractivity contribution < 1.29 is 4.79 Å². The highest BCUT2D eigenvalue weighted by atomic mass is 35.5. The van der Waals surface area contributed by atoms with Gasteiger partial charge in [-0.1, -0.05) is 11.6 Å². The second kappa shape index (κ2) is 5.14. The number of amides is 1. The van der Waals surface area contributed by atoms with Crippen LogP contribution in [0.4, 0.5) is 0 Å². The molecular formula is C10H10ClN3OS. The molecule has 0 aliphatic carbocycles. The van der Waals surface area contributed by atoms with Crippen molar-refractivity contribution in [2.45, 2.75) is 6.42 Å². The van der Waals surface area contributed by atoms with E-state index in [1.165, 1.54) is 11.3 Å². The van der Waals surface area contributed by atoms with Crippen molar-refractivity contribution in [3.63, 3.8) is 0 Å². The molecule has 0 radical (unpaired) electrons. The fraction of sp³-hybridized carbons (Fsp3) is 0.200. The van der Waals surface area contributed by atoms with Crippen molar-refractivity contribution in [2.24, 2.45) is 0 Å². The topological polar surface area (TPSA) is 57.8 Å². The molecule has 2 aromatic rings. The van der Waals surface area contributed by atoms with E-state index in [1.54, 1.807) is 24.0 Å². The Morgan fingerprint density at radius 2 is 2.50 bits per heavy atom. The number of rotatable bonds is 4. The average molecular weight is 256 g/mol. The highest BCUT2D eigenvalue weighted by Gasteiger charge is 2.10. The number of halogens is 1. The van der Waals surface area contributed by atoms with Crippen LogP contribution in [0.2, 0.25) is 5.02 Å². The maximum atomic E-state index is 11.6. The SMILES string of the molecule is O=C(NCCc1cnc[nH]1)c1sccc1Cl. The number of hydrogen-bond acceptors (Lipinski definition) is 3. The molecule has 0 spiro atoms. The van der Waals surface area contributed by atoms with Gasteiger partial charge in [0.1, 0.15) is 4.88 Å². The predicted octanol–water partition coefficient (Wildman–Crippen LogP) is 2.10. The summed E-state index contributed by atoms with van der Waals surface area (Å²) < 4.78 is 0. The third kappa shape index (κ3) is 2.62. The monoisotopic (exact) mass is 255 g/mol. The molecule has 0 unspecified atom stereocenters. The lowest BCUT2D eigenvalue weighted by molar-refractivity contribution is 0.0958. The quantitative estimate of drug-likeness (QED) is 0.879. The number of H-pyrrole nitrogens is 1. The van der Waals surface area contributed by atoms with Crippen molar-refractivity contribution in [3.8, 4) is 0 Å². The number of imidazole rings is 1. The molecule has 0 aromatic carbocycles. The van der Waals surface area contributed by atoms with Crippen molar-refractivity contribution in [3.05, 3.63) is 39.6 Å². The normalized spacial score (nSPS) is 10.3. The van der Waals surface area contributed by atoms with Crippen LogP contribution in [0, 0.1) is 0 Å². The van der Waals surface area contributed by atoms with Crippen LogP contribution in [-0.4, -0.2) is 22.4 Å². The Hall–Kier alpha value is -1.33. The first-order chi connectivity index (χ1) is 7.77. The van der Waals surface area contributed by atoms with Gasteiger partial charge < -0.3 is 10.3 Å². The fourth-order valence-corrected chi connectivity index (χ4v) is 2.33. The number of hydrogen-bond donors (Lipinski definition) is 2. The van der Waals surface area contributed by atoms with Gasteiger partial charge in [0.2, 0.25) is 0 Å². The number of carbonyl (C=O) groups excluding carboxylic acids is 1. The van der Waals surface area contributed by atoms with Crippen LogP contribution in [0.25, 0.3) is 0 Å². The molecule has 0 aliphatic heterocycles. The number of aromatic amines is 1. The second-order valence-electron chi connectivity index (χ2n) is 3.18. The standard InChI is InChI=1S/C10H10ClN3OS/c11-8-2-4-16-9(8)10(15)13-3-1-7-5-12-6-14-7/h2,4-6H,1,3H2,(H,12,14)(H,13,15). The summed E-state index contributed by atoms with van der Waals surface area (Å²) in [5, 5.41) is 5.10. The number of carbonyl (C=O) groups is 1. The minimum Gasteiger partial charge on any atom is -0.351 e. The van der Waals surface area contributed by atoms with Gasteiger partial charge in [-0.15, -0.1) is 11.3 Å². The highest BCUT2D eigenvalue weighted by molar-refractivity contribution is 7.12. The number of nitrogens with one attached hydrogen (secondary N) is 2. The summed E-state index contributed by atoms with van der Waals surface area (Å²) in [4.78, 5) is 19.1. The maximum absolute atomic E-state index is 11.6. The van der Waals surface area contributed by atoms with Gasteiger partial charge in [0.25, 0.3) is 5.91 Å². The number of thiophene rings is 1. The molecule has 0 saturated carbocycles. The molecule has 84 valence electrons. The van der Waals surface area contributed by atoms with E-state index in [4.69, 9.17) is 11.6 Å². The molecule has 16 heavy (non-hydrogen) atoms. The van der Waals surface area contributed by atoms with E-state index < -0.39 is 0 Å². The molecule has 2 aromatic heterocycles. The zero-order chi connectivity index (χ0) is 11.4. The number of nitrogens with zero attached hydrogens (tertiary/aromatic N) is 1. The minimum atomic E-state index is -0.125. The lowest BCUT2D eigenvalue weighted by Crippen LogP contribution is -2.25. The van der Waals surface area contributed by atoms with Gasteiger partial charge in [-0.3, -0.25) is 4.79 Å². The lowest BCUT2D eigenvalue weighted by atomic mass is 10.3. The van der Waals surface area contributed by atoms with Gasteiger partial charge >= 0.3 is 0 Å². The zero-order valence-corrected chi connectivity index (χ0v) is 9.94. The molecule has 0 aliphatic rings. The van der Waals surface area contributed by atoms with Gasteiger partial charge in [-0.25, -0.2) is 4.98 Å². The first-order valence-corrected chi connectivity index (χ1v) is 6.01. The smallest absolute Gasteiger partial charge is 0.262 e. The third-order valence-electron chi connectivity index (χ3n) is 2.06. The molecule has 0 atom stereocenters. The van der Waals surface area contributed by atoms with Crippen molar-refractivity contribution in [1.29, 1.82) is 0 Å². The van der Waals surface area contributed by atoms with Gasteiger partial charge in [-0.05, 0) is 11.4 Å². The maximum Gasteiger partial charge on any atom is 0.262 e. The third-order valence-corrected chi connectivity index (χ3v) is 3.40. The summed E-state index contributed by atoms with van der Waals surface area (Å²) >= 11 is 7.19. The van der Waals surface area contributed by atoms with Gasteiger partial charge in [0.05, 0.1) is 11.3 Å². The summed E-state index contributed by atoms with van der Waals surface area (Å²) in [5.41, 5.74) is 0.998.